The molecule has 0 aromatic rings. The lowest BCUT2D eigenvalue weighted by Crippen LogP contribution is -2.53. The number of rotatable bonds is 6. The molecule has 102 valence electrons. The largest absolute Gasteiger partial charge is 0.377 e. The molecule has 0 aromatic carbocycles. The molecular weight excluding hydrogens is 216 g/mol. The van der Waals surface area contributed by atoms with Gasteiger partial charge in [-0.3, -0.25) is 11.3 Å². The first kappa shape index (κ1) is 14.9. The predicted octanol–water partition coefficient (Wildman–Crippen LogP) is -0.121. The summed E-state index contributed by atoms with van der Waals surface area (Å²) in [6.07, 6.45) is 1.29. The molecule has 0 saturated carbocycles. The van der Waals surface area contributed by atoms with Crippen molar-refractivity contribution in [2.75, 3.05) is 40.3 Å². The molecule has 0 aromatic heterocycles. The molecule has 1 heterocycles. The summed E-state index contributed by atoms with van der Waals surface area (Å²) in [6, 6.07) is 0.793. The molecule has 1 fully saturated rings. The van der Waals surface area contributed by atoms with Crippen LogP contribution in [-0.4, -0.2) is 68.3 Å². The van der Waals surface area contributed by atoms with Crippen LogP contribution < -0.4 is 11.3 Å². The van der Waals surface area contributed by atoms with Crippen LogP contribution in [0, 0.1) is 0 Å². The van der Waals surface area contributed by atoms with Crippen molar-refractivity contribution in [1.82, 2.24) is 15.2 Å². The van der Waals surface area contributed by atoms with E-state index in [9.17, 15) is 0 Å². The van der Waals surface area contributed by atoms with Crippen LogP contribution in [0.2, 0.25) is 0 Å². The molecule has 1 saturated heterocycles. The number of hydrogen-bond donors (Lipinski definition) is 2. The highest BCUT2D eigenvalue weighted by atomic mass is 16.5. The standard InChI is InChI=1S/C12H28N4O/c1-10(2)17-9-11(14-13)7-12-8-15(3)5-6-16(12)4/h10-12,14H,5-9,13H2,1-4H3. The smallest absolute Gasteiger partial charge is 0.0637 e. The van der Waals surface area contributed by atoms with Gasteiger partial charge in [0.2, 0.25) is 0 Å². The summed E-state index contributed by atoms with van der Waals surface area (Å²) in [4.78, 5) is 4.79. The molecule has 2 unspecified atom stereocenters. The monoisotopic (exact) mass is 244 g/mol. The van der Waals surface area contributed by atoms with E-state index < -0.39 is 0 Å². The van der Waals surface area contributed by atoms with E-state index in [0.717, 1.165) is 26.1 Å². The van der Waals surface area contributed by atoms with E-state index in [1.54, 1.807) is 0 Å². The van der Waals surface area contributed by atoms with Crippen molar-refractivity contribution < 1.29 is 4.74 Å². The lowest BCUT2D eigenvalue weighted by Gasteiger charge is -2.39. The van der Waals surface area contributed by atoms with Crippen LogP contribution >= 0.6 is 0 Å². The number of hydrazine groups is 1. The Morgan fingerprint density at radius 1 is 1.35 bits per heavy atom. The molecule has 1 aliphatic heterocycles. The summed E-state index contributed by atoms with van der Waals surface area (Å²) in [5.74, 6) is 5.59. The van der Waals surface area contributed by atoms with E-state index in [1.807, 2.05) is 13.8 Å². The molecule has 0 spiro atoms. The van der Waals surface area contributed by atoms with Gasteiger partial charge in [-0.1, -0.05) is 0 Å². The average Bonchev–Trinajstić information content (AvgIpc) is 2.28. The summed E-state index contributed by atoms with van der Waals surface area (Å²) < 4.78 is 5.62. The summed E-state index contributed by atoms with van der Waals surface area (Å²) in [5, 5.41) is 0. The minimum absolute atomic E-state index is 0.233. The molecule has 5 nitrogen and oxygen atoms in total. The van der Waals surface area contributed by atoms with Crippen molar-refractivity contribution in [2.24, 2.45) is 5.84 Å². The lowest BCUT2D eigenvalue weighted by atomic mass is 10.0. The maximum Gasteiger partial charge on any atom is 0.0637 e. The maximum absolute atomic E-state index is 5.62. The highest BCUT2D eigenvalue weighted by molar-refractivity contribution is 4.82. The van der Waals surface area contributed by atoms with Crippen LogP contribution in [0.15, 0.2) is 0 Å². The van der Waals surface area contributed by atoms with Crippen molar-refractivity contribution >= 4 is 0 Å². The maximum atomic E-state index is 5.62. The third kappa shape index (κ3) is 5.31. The van der Waals surface area contributed by atoms with Crippen molar-refractivity contribution in [3.05, 3.63) is 0 Å². The van der Waals surface area contributed by atoms with Crippen LogP contribution in [0.1, 0.15) is 20.3 Å². The Morgan fingerprint density at radius 3 is 2.65 bits per heavy atom. The van der Waals surface area contributed by atoms with Gasteiger partial charge in [0.25, 0.3) is 0 Å². The zero-order valence-corrected chi connectivity index (χ0v) is 11.6. The number of ether oxygens (including phenoxy) is 1. The minimum Gasteiger partial charge on any atom is -0.377 e. The van der Waals surface area contributed by atoms with E-state index >= 15 is 0 Å². The summed E-state index contributed by atoms with van der Waals surface area (Å²) >= 11 is 0. The number of piperazine rings is 1. The highest BCUT2D eigenvalue weighted by Gasteiger charge is 2.25. The SMILES string of the molecule is CC(C)OCC(CC1CN(C)CCN1C)NN. The Bertz CT molecular complexity index is 213. The van der Waals surface area contributed by atoms with E-state index in [2.05, 4.69) is 29.3 Å². The third-order valence-electron chi connectivity index (χ3n) is 3.40. The number of hydrogen-bond acceptors (Lipinski definition) is 5. The van der Waals surface area contributed by atoms with Crippen molar-refractivity contribution in [1.29, 1.82) is 0 Å². The number of nitrogens with two attached hydrogens (primary N) is 1. The van der Waals surface area contributed by atoms with Gasteiger partial charge in [0.15, 0.2) is 0 Å². The molecule has 0 amide bonds. The molecule has 1 rings (SSSR count). The van der Waals surface area contributed by atoms with Crippen molar-refractivity contribution in [3.8, 4) is 0 Å². The molecule has 1 aliphatic rings. The number of likely N-dealkylation sites (N-methyl/N-ethyl adjacent to an activating group) is 2. The Kier molecular flexibility index (Phi) is 6.37. The van der Waals surface area contributed by atoms with Gasteiger partial charge >= 0.3 is 0 Å². The molecule has 0 radical (unpaired) electrons. The first-order valence-corrected chi connectivity index (χ1v) is 6.49. The topological polar surface area (TPSA) is 53.8 Å². The summed E-state index contributed by atoms with van der Waals surface area (Å²) in [7, 11) is 4.37. The van der Waals surface area contributed by atoms with Gasteiger partial charge < -0.3 is 14.5 Å². The molecule has 0 aliphatic carbocycles. The predicted molar refractivity (Wildman–Crippen MR) is 70.7 cm³/mol. The first-order valence-electron chi connectivity index (χ1n) is 6.49. The van der Waals surface area contributed by atoms with Gasteiger partial charge in [-0.2, -0.15) is 0 Å². The second kappa shape index (κ2) is 7.28. The quantitative estimate of drug-likeness (QED) is 0.504. The van der Waals surface area contributed by atoms with E-state index in [0.29, 0.717) is 12.6 Å². The van der Waals surface area contributed by atoms with Crippen LogP contribution in [0.5, 0.6) is 0 Å². The summed E-state index contributed by atoms with van der Waals surface area (Å²) in [6.45, 7) is 8.17. The zero-order chi connectivity index (χ0) is 12.8. The normalized spacial score (nSPS) is 25.4. The Balaban J connectivity index is 2.37. The van der Waals surface area contributed by atoms with Gasteiger partial charge in [-0.25, -0.2) is 0 Å². The second-order valence-electron chi connectivity index (χ2n) is 5.38. The van der Waals surface area contributed by atoms with Gasteiger partial charge in [0.05, 0.1) is 12.7 Å². The van der Waals surface area contributed by atoms with Gasteiger partial charge in [0.1, 0.15) is 0 Å². The second-order valence-corrected chi connectivity index (χ2v) is 5.38. The highest BCUT2D eigenvalue weighted by Crippen LogP contribution is 2.12. The first-order chi connectivity index (χ1) is 8.02. The Hall–Kier alpha value is -0.200. The average molecular weight is 244 g/mol. The van der Waals surface area contributed by atoms with E-state index in [4.69, 9.17) is 10.6 Å². The van der Waals surface area contributed by atoms with Crippen LogP contribution in [0.4, 0.5) is 0 Å². The Morgan fingerprint density at radius 2 is 2.06 bits per heavy atom. The minimum atomic E-state index is 0.233. The zero-order valence-electron chi connectivity index (χ0n) is 11.6. The molecule has 2 atom stereocenters. The van der Waals surface area contributed by atoms with Crippen molar-refractivity contribution in [2.45, 2.75) is 38.5 Å². The molecular formula is C12H28N4O. The van der Waals surface area contributed by atoms with Crippen LogP contribution in [-0.2, 0) is 4.74 Å². The lowest BCUT2D eigenvalue weighted by molar-refractivity contribution is 0.0427. The van der Waals surface area contributed by atoms with E-state index in [-0.39, 0.29) is 12.1 Å². The fourth-order valence-electron chi connectivity index (χ4n) is 2.18. The number of nitrogens with one attached hydrogen (secondary N) is 1. The molecule has 3 N–H and O–H groups in total. The number of nitrogens with zero attached hydrogens (tertiary/aromatic N) is 2. The third-order valence-corrected chi connectivity index (χ3v) is 3.40. The molecule has 17 heavy (non-hydrogen) atoms. The van der Waals surface area contributed by atoms with E-state index in [1.165, 1.54) is 0 Å². The summed E-state index contributed by atoms with van der Waals surface area (Å²) in [5.41, 5.74) is 2.87. The van der Waals surface area contributed by atoms with Gasteiger partial charge in [0, 0.05) is 31.7 Å². The Labute approximate surface area is 105 Å². The van der Waals surface area contributed by atoms with Crippen molar-refractivity contribution in [3.63, 3.8) is 0 Å². The van der Waals surface area contributed by atoms with Gasteiger partial charge in [-0.05, 0) is 34.4 Å². The molecule has 5 heteroatoms. The van der Waals surface area contributed by atoms with Crippen LogP contribution in [0.3, 0.4) is 0 Å². The van der Waals surface area contributed by atoms with Crippen LogP contribution in [0.25, 0.3) is 0 Å². The molecule has 0 bridgehead atoms. The fourth-order valence-corrected chi connectivity index (χ4v) is 2.18. The van der Waals surface area contributed by atoms with Gasteiger partial charge in [-0.15, -0.1) is 0 Å². The fraction of sp³-hybridized carbons (Fsp3) is 1.00.